The molecule has 0 N–H and O–H groups in total. The molecule has 158 valence electrons. The van der Waals surface area contributed by atoms with E-state index in [2.05, 4.69) is 16.0 Å². The molecule has 2 saturated heterocycles. The third-order valence-corrected chi connectivity index (χ3v) is 8.90. The largest absolute Gasteiger partial charge is 0.300 e. The van der Waals surface area contributed by atoms with Crippen molar-refractivity contribution in [3.05, 3.63) is 72.7 Å². The number of rotatable bonds is 3. The molecule has 2 fully saturated rings. The Balaban J connectivity index is 1.56. The van der Waals surface area contributed by atoms with E-state index in [4.69, 9.17) is 0 Å². The molecule has 0 radical (unpaired) electrons. The summed E-state index contributed by atoms with van der Waals surface area (Å²) < 4.78 is 29.9. The van der Waals surface area contributed by atoms with Gasteiger partial charge in [-0.25, -0.2) is 12.4 Å². The Labute approximate surface area is 182 Å². The zero-order valence-electron chi connectivity index (χ0n) is 17.3. The molecule has 2 aromatic carbocycles. The fourth-order valence-corrected chi connectivity index (χ4v) is 7.41. The van der Waals surface area contributed by atoms with E-state index in [1.54, 1.807) is 22.4 Å². The van der Waals surface area contributed by atoms with Gasteiger partial charge in [0.25, 0.3) is 10.0 Å². The van der Waals surface area contributed by atoms with Crippen LogP contribution in [0.25, 0.3) is 21.7 Å². The topological polar surface area (TPSA) is 55.2 Å². The summed E-state index contributed by atoms with van der Waals surface area (Å²) >= 11 is 0. The first-order chi connectivity index (χ1) is 15.1. The van der Waals surface area contributed by atoms with E-state index >= 15 is 0 Å². The van der Waals surface area contributed by atoms with Crippen molar-refractivity contribution in [2.75, 3.05) is 13.1 Å². The first-order valence-corrected chi connectivity index (χ1v) is 12.5. The molecule has 0 bridgehead atoms. The highest BCUT2D eigenvalue weighted by Gasteiger charge is 2.36. The van der Waals surface area contributed by atoms with Gasteiger partial charge in [-0.05, 0) is 62.4 Å². The van der Waals surface area contributed by atoms with E-state index in [9.17, 15) is 8.42 Å². The van der Waals surface area contributed by atoms with Crippen LogP contribution in [-0.4, -0.2) is 41.4 Å². The van der Waals surface area contributed by atoms with Crippen LogP contribution in [-0.2, 0) is 10.0 Å². The summed E-state index contributed by atoms with van der Waals surface area (Å²) in [7, 11) is -3.79. The average Bonchev–Trinajstić information content (AvgIpc) is 3.43. The van der Waals surface area contributed by atoms with Crippen molar-refractivity contribution in [1.29, 1.82) is 0 Å². The molecule has 0 aliphatic carbocycles. The molecule has 4 aromatic rings. The third kappa shape index (κ3) is 3.00. The highest BCUT2D eigenvalue weighted by Crippen LogP contribution is 2.40. The first kappa shape index (κ1) is 19.0. The zero-order chi connectivity index (χ0) is 21.0. The number of piperidine rings is 1. The minimum absolute atomic E-state index is 0.233. The summed E-state index contributed by atoms with van der Waals surface area (Å²) in [5.74, 6) is 0.233. The number of nitrogens with zero attached hydrogens (tertiary/aromatic N) is 3. The molecule has 6 rings (SSSR count). The molecule has 31 heavy (non-hydrogen) atoms. The van der Waals surface area contributed by atoms with Gasteiger partial charge in [0.1, 0.15) is 0 Å². The predicted octanol–water partition coefficient (Wildman–Crippen LogP) is 4.77. The lowest BCUT2D eigenvalue weighted by Crippen LogP contribution is -2.37. The van der Waals surface area contributed by atoms with Gasteiger partial charge < -0.3 is 4.90 Å². The van der Waals surface area contributed by atoms with Crippen molar-refractivity contribution in [3.8, 4) is 0 Å². The number of hydrogen-bond donors (Lipinski definition) is 0. The van der Waals surface area contributed by atoms with Gasteiger partial charge in [0.15, 0.2) is 0 Å². The van der Waals surface area contributed by atoms with E-state index in [-0.39, 0.29) is 5.92 Å². The molecular weight excluding hydrogens is 406 g/mol. The van der Waals surface area contributed by atoms with Crippen LogP contribution in [0.3, 0.4) is 0 Å². The Bertz CT molecular complexity index is 1390. The quantitative estimate of drug-likeness (QED) is 0.469. The van der Waals surface area contributed by atoms with Gasteiger partial charge in [0.05, 0.1) is 16.6 Å². The van der Waals surface area contributed by atoms with Crippen molar-refractivity contribution in [1.82, 2.24) is 13.9 Å². The Morgan fingerprint density at radius 1 is 0.935 bits per heavy atom. The second kappa shape index (κ2) is 7.18. The first-order valence-electron chi connectivity index (χ1n) is 11.1. The summed E-state index contributed by atoms with van der Waals surface area (Å²) in [5.41, 5.74) is 1.57. The number of benzene rings is 2. The highest BCUT2D eigenvalue weighted by molar-refractivity contribution is 7.90. The Morgan fingerprint density at radius 3 is 2.74 bits per heavy atom. The second-order valence-electron chi connectivity index (χ2n) is 8.80. The van der Waals surface area contributed by atoms with Crippen molar-refractivity contribution in [3.63, 3.8) is 0 Å². The van der Waals surface area contributed by atoms with Crippen molar-refractivity contribution < 1.29 is 8.42 Å². The summed E-state index contributed by atoms with van der Waals surface area (Å²) in [6.07, 6.45) is 7.90. The van der Waals surface area contributed by atoms with Crippen molar-refractivity contribution in [2.45, 2.75) is 42.5 Å². The standard InChI is InChI=1S/C25H25N3O2S/c29-31(30,25-9-3-6-18-5-1-2-8-22(18)25)28-23(16-19-10-12-26-17-24(19)28)20-11-14-27-13-4-7-21(27)15-20/h1-3,5-6,8-10,12,16-17,20-21H,4,7,11,13-15H2. The predicted molar refractivity (Wildman–Crippen MR) is 123 cm³/mol. The normalized spacial score (nSPS) is 22.2. The van der Waals surface area contributed by atoms with Crippen LogP contribution in [0.1, 0.15) is 37.3 Å². The maximum atomic E-state index is 14.1. The van der Waals surface area contributed by atoms with Crippen LogP contribution in [0.4, 0.5) is 0 Å². The number of aromatic nitrogens is 2. The fraction of sp³-hybridized carbons (Fsp3) is 0.320. The van der Waals surface area contributed by atoms with E-state index in [1.807, 2.05) is 42.5 Å². The van der Waals surface area contributed by atoms with Gasteiger partial charge in [-0.3, -0.25) is 4.98 Å². The van der Waals surface area contributed by atoms with E-state index in [0.29, 0.717) is 16.5 Å². The molecule has 2 atom stereocenters. The average molecular weight is 432 g/mol. The molecule has 2 aliphatic heterocycles. The van der Waals surface area contributed by atoms with Crippen LogP contribution in [0.5, 0.6) is 0 Å². The van der Waals surface area contributed by atoms with E-state index in [1.165, 1.54) is 19.4 Å². The molecule has 5 nitrogen and oxygen atoms in total. The molecule has 0 spiro atoms. The maximum absolute atomic E-state index is 14.1. The fourth-order valence-electron chi connectivity index (χ4n) is 5.61. The molecule has 0 saturated carbocycles. The molecule has 4 heterocycles. The lowest BCUT2D eigenvalue weighted by Gasteiger charge is -2.35. The minimum atomic E-state index is -3.79. The van der Waals surface area contributed by atoms with Crippen LogP contribution >= 0.6 is 0 Å². The van der Waals surface area contributed by atoms with Crippen LogP contribution in [0.2, 0.25) is 0 Å². The zero-order valence-corrected chi connectivity index (χ0v) is 18.1. The lowest BCUT2D eigenvalue weighted by molar-refractivity contribution is 0.179. The van der Waals surface area contributed by atoms with Crippen LogP contribution in [0, 0.1) is 0 Å². The van der Waals surface area contributed by atoms with Crippen molar-refractivity contribution in [2.24, 2.45) is 0 Å². The Morgan fingerprint density at radius 2 is 1.81 bits per heavy atom. The number of pyridine rings is 1. The molecular formula is C25H25N3O2S. The van der Waals surface area contributed by atoms with Gasteiger partial charge in [0, 0.05) is 34.6 Å². The summed E-state index contributed by atoms with van der Waals surface area (Å²) in [4.78, 5) is 7.19. The number of fused-ring (bicyclic) bond motifs is 3. The molecule has 2 unspecified atom stereocenters. The monoisotopic (exact) mass is 431 g/mol. The van der Waals surface area contributed by atoms with Gasteiger partial charge in [-0.1, -0.05) is 36.4 Å². The maximum Gasteiger partial charge on any atom is 0.269 e. The van der Waals surface area contributed by atoms with Gasteiger partial charge in [0.2, 0.25) is 0 Å². The molecule has 2 aliphatic rings. The van der Waals surface area contributed by atoms with Gasteiger partial charge in [-0.15, -0.1) is 0 Å². The summed E-state index contributed by atoms with van der Waals surface area (Å²) in [5, 5.41) is 2.62. The highest BCUT2D eigenvalue weighted by atomic mass is 32.2. The third-order valence-electron chi connectivity index (χ3n) is 7.10. The molecule has 0 amide bonds. The van der Waals surface area contributed by atoms with Gasteiger partial charge >= 0.3 is 0 Å². The second-order valence-corrected chi connectivity index (χ2v) is 10.6. The molecule has 6 heteroatoms. The summed E-state index contributed by atoms with van der Waals surface area (Å²) in [6, 6.07) is 17.8. The minimum Gasteiger partial charge on any atom is -0.300 e. The van der Waals surface area contributed by atoms with Crippen LogP contribution in [0.15, 0.2) is 71.9 Å². The Kier molecular flexibility index (Phi) is 4.40. The number of hydrogen-bond acceptors (Lipinski definition) is 4. The summed E-state index contributed by atoms with van der Waals surface area (Å²) in [6.45, 7) is 2.22. The van der Waals surface area contributed by atoms with Crippen molar-refractivity contribution >= 4 is 31.7 Å². The van der Waals surface area contributed by atoms with Gasteiger partial charge in [-0.2, -0.15) is 0 Å². The SMILES string of the molecule is O=S(=O)(c1cccc2ccccc12)n1c(C2CCN3CCCC3C2)cc2ccncc21. The lowest BCUT2D eigenvalue weighted by atomic mass is 9.88. The smallest absolute Gasteiger partial charge is 0.269 e. The van der Waals surface area contributed by atoms with Crippen LogP contribution < -0.4 is 0 Å². The van der Waals surface area contributed by atoms with E-state index in [0.717, 1.165) is 41.2 Å². The Hall–Kier alpha value is -2.70. The van der Waals surface area contributed by atoms with E-state index < -0.39 is 10.0 Å². The molecule has 2 aromatic heterocycles.